The van der Waals surface area contributed by atoms with E-state index in [0.29, 0.717) is 28.2 Å². The largest absolute Gasteiger partial charge is 0.493 e. The van der Waals surface area contributed by atoms with Crippen LogP contribution < -0.4 is 14.8 Å². The first-order chi connectivity index (χ1) is 18.1. The van der Waals surface area contributed by atoms with E-state index in [-0.39, 0.29) is 25.2 Å². The molecule has 0 saturated carbocycles. The number of halogens is 4. The molecule has 0 aliphatic heterocycles. The zero-order chi connectivity index (χ0) is 27.4. The molecule has 4 rings (SSSR count). The Balaban J connectivity index is 1.60. The molecular weight excluding hydrogens is 618 g/mol. The summed E-state index contributed by atoms with van der Waals surface area (Å²) in [7, 11) is 1.49. The Morgan fingerprint density at radius 1 is 1.13 bits per heavy atom. The zero-order valence-corrected chi connectivity index (χ0v) is 22.7. The molecule has 0 radical (unpaired) electrons. The van der Waals surface area contributed by atoms with Crippen LogP contribution in [-0.4, -0.2) is 39.3 Å². The van der Waals surface area contributed by atoms with Gasteiger partial charge in [0.1, 0.15) is 17.8 Å². The number of benzene rings is 1. The first kappa shape index (κ1) is 27.4. The van der Waals surface area contributed by atoms with Gasteiger partial charge in [-0.25, -0.2) is 14.8 Å². The Morgan fingerprint density at radius 2 is 1.92 bits per heavy atom. The number of fused-ring (bicyclic) bond motifs is 1. The summed E-state index contributed by atoms with van der Waals surface area (Å²) < 4.78 is 57.3. The highest BCUT2D eigenvalue weighted by atomic mass is 127. The molecule has 0 fully saturated rings. The number of methoxy groups -OCH3 is 1. The third kappa shape index (κ3) is 6.09. The van der Waals surface area contributed by atoms with Crippen molar-refractivity contribution >= 4 is 45.8 Å². The van der Waals surface area contributed by atoms with Crippen molar-refractivity contribution in [1.82, 2.24) is 19.5 Å². The number of pyridine rings is 2. The third-order valence-electron chi connectivity index (χ3n) is 5.55. The minimum absolute atomic E-state index is 0.00127. The van der Waals surface area contributed by atoms with Crippen LogP contribution in [-0.2, 0) is 17.5 Å². The fourth-order valence-electron chi connectivity index (χ4n) is 3.72. The van der Waals surface area contributed by atoms with Gasteiger partial charge in [0, 0.05) is 21.5 Å². The summed E-state index contributed by atoms with van der Waals surface area (Å²) in [5.74, 6) is 1.09. The molecule has 0 bridgehead atoms. The predicted octanol–water partition coefficient (Wildman–Crippen LogP) is 6.22. The number of nitrogens with zero attached hydrogens (tertiary/aromatic N) is 4. The Bertz CT molecular complexity index is 1440. The van der Waals surface area contributed by atoms with E-state index >= 15 is 0 Å². The van der Waals surface area contributed by atoms with Crippen LogP contribution >= 0.6 is 22.6 Å². The summed E-state index contributed by atoms with van der Waals surface area (Å²) in [6.07, 6.45) is -2.31. The standard InChI is InChI=1S/C25H23F3IN5O4/c1-4-37-24(35)33-23-32-18-10-17(29)12-31-22(18)34(23)14(2)16-6-7-19(20(9-16)36-3)38-13-15-5-8-21(30-11-15)25(26,27)28/h5-12,14H,4,13H2,1-3H3,(H,32,33,35). The van der Waals surface area contributed by atoms with E-state index in [0.717, 1.165) is 21.4 Å². The average Bonchev–Trinajstić information content (AvgIpc) is 3.23. The number of hydrogen-bond acceptors (Lipinski definition) is 7. The molecule has 1 atom stereocenters. The van der Waals surface area contributed by atoms with Crippen LogP contribution in [0.1, 0.15) is 36.7 Å². The molecule has 1 aromatic carbocycles. The van der Waals surface area contributed by atoms with Gasteiger partial charge in [0.15, 0.2) is 17.1 Å². The Morgan fingerprint density at radius 3 is 2.58 bits per heavy atom. The van der Waals surface area contributed by atoms with E-state index in [1.807, 2.05) is 19.1 Å². The van der Waals surface area contributed by atoms with Crippen molar-refractivity contribution in [2.45, 2.75) is 32.7 Å². The van der Waals surface area contributed by atoms with Gasteiger partial charge in [0.25, 0.3) is 0 Å². The molecule has 0 spiro atoms. The number of hydrogen-bond donors (Lipinski definition) is 1. The number of carbonyl (C=O) groups is 1. The molecular formula is C25H23F3IN5O4. The van der Waals surface area contributed by atoms with E-state index in [2.05, 4.69) is 42.9 Å². The number of carbonyl (C=O) groups excluding carboxylic acids is 1. The first-order valence-corrected chi connectivity index (χ1v) is 12.5. The topological polar surface area (TPSA) is 100 Å². The van der Waals surface area contributed by atoms with Crippen molar-refractivity contribution in [2.75, 3.05) is 19.0 Å². The van der Waals surface area contributed by atoms with Crippen molar-refractivity contribution in [1.29, 1.82) is 0 Å². The average molecular weight is 641 g/mol. The summed E-state index contributed by atoms with van der Waals surface area (Å²) in [6, 6.07) is 9.04. The molecule has 1 amide bonds. The van der Waals surface area contributed by atoms with Crippen molar-refractivity contribution in [3.05, 3.63) is 69.2 Å². The van der Waals surface area contributed by atoms with Crippen molar-refractivity contribution in [3.8, 4) is 11.5 Å². The highest BCUT2D eigenvalue weighted by Crippen LogP contribution is 2.35. The lowest BCUT2D eigenvalue weighted by Gasteiger charge is -2.19. The van der Waals surface area contributed by atoms with Gasteiger partial charge >= 0.3 is 12.3 Å². The van der Waals surface area contributed by atoms with Gasteiger partial charge in [-0.3, -0.25) is 14.9 Å². The lowest BCUT2D eigenvalue weighted by atomic mass is 10.1. The Kier molecular flexibility index (Phi) is 8.23. The molecule has 0 aliphatic carbocycles. The summed E-state index contributed by atoms with van der Waals surface area (Å²) >= 11 is 2.14. The van der Waals surface area contributed by atoms with Gasteiger partial charge < -0.3 is 14.2 Å². The summed E-state index contributed by atoms with van der Waals surface area (Å²) in [6.45, 7) is 3.83. The highest BCUT2D eigenvalue weighted by Gasteiger charge is 2.32. The molecule has 1 unspecified atom stereocenters. The number of ether oxygens (including phenoxy) is 3. The quantitative estimate of drug-likeness (QED) is 0.228. The fourth-order valence-corrected chi connectivity index (χ4v) is 4.16. The Labute approximate surface area is 229 Å². The molecule has 38 heavy (non-hydrogen) atoms. The van der Waals surface area contributed by atoms with Gasteiger partial charge in [-0.2, -0.15) is 13.2 Å². The van der Waals surface area contributed by atoms with Crippen LogP contribution in [0.5, 0.6) is 11.5 Å². The van der Waals surface area contributed by atoms with Gasteiger partial charge in [-0.1, -0.05) is 12.1 Å². The minimum atomic E-state index is -4.50. The lowest BCUT2D eigenvalue weighted by Crippen LogP contribution is -2.19. The van der Waals surface area contributed by atoms with Gasteiger partial charge in [-0.15, -0.1) is 0 Å². The molecule has 9 nitrogen and oxygen atoms in total. The van der Waals surface area contributed by atoms with E-state index in [4.69, 9.17) is 14.2 Å². The molecule has 3 heterocycles. The summed E-state index contributed by atoms with van der Waals surface area (Å²) in [5, 5.41) is 2.68. The molecule has 200 valence electrons. The second kappa shape index (κ2) is 11.4. The maximum atomic E-state index is 12.8. The van der Waals surface area contributed by atoms with Gasteiger partial charge in [-0.05, 0) is 66.3 Å². The minimum Gasteiger partial charge on any atom is -0.493 e. The number of alkyl halides is 3. The van der Waals surface area contributed by atoms with E-state index in [9.17, 15) is 18.0 Å². The van der Waals surface area contributed by atoms with Crippen LogP contribution in [0, 0.1) is 3.57 Å². The maximum absolute atomic E-state index is 12.8. The number of imidazole rings is 1. The van der Waals surface area contributed by atoms with Crippen LogP contribution in [0.15, 0.2) is 48.8 Å². The van der Waals surface area contributed by atoms with Gasteiger partial charge in [0.05, 0.1) is 19.8 Å². The van der Waals surface area contributed by atoms with Crippen LogP contribution in [0.3, 0.4) is 0 Å². The second-order valence-corrected chi connectivity index (χ2v) is 9.32. The number of rotatable bonds is 8. The van der Waals surface area contributed by atoms with Crippen LogP contribution in [0.2, 0.25) is 0 Å². The lowest BCUT2D eigenvalue weighted by molar-refractivity contribution is -0.141. The van der Waals surface area contributed by atoms with Crippen molar-refractivity contribution in [3.63, 3.8) is 0 Å². The number of nitrogens with one attached hydrogen (secondary N) is 1. The normalized spacial score (nSPS) is 12.3. The monoisotopic (exact) mass is 641 g/mol. The fraction of sp³-hybridized carbons (Fsp3) is 0.280. The van der Waals surface area contributed by atoms with E-state index in [1.54, 1.807) is 29.8 Å². The predicted molar refractivity (Wildman–Crippen MR) is 141 cm³/mol. The molecule has 4 aromatic rings. The number of aromatic nitrogens is 4. The number of amides is 1. The van der Waals surface area contributed by atoms with Crippen molar-refractivity contribution in [2.24, 2.45) is 0 Å². The second-order valence-electron chi connectivity index (χ2n) is 8.07. The molecule has 1 N–H and O–H groups in total. The van der Waals surface area contributed by atoms with Crippen LogP contribution in [0.4, 0.5) is 23.9 Å². The zero-order valence-electron chi connectivity index (χ0n) is 20.5. The summed E-state index contributed by atoms with van der Waals surface area (Å²) in [5.41, 5.74) is 1.48. The Hall–Kier alpha value is -3.62. The third-order valence-corrected chi connectivity index (χ3v) is 6.14. The molecule has 3 aromatic heterocycles. The molecule has 0 saturated heterocycles. The van der Waals surface area contributed by atoms with Crippen molar-refractivity contribution < 1.29 is 32.2 Å². The first-order valence-electron chi connectivity index (χ1n) is 11.4. The summed E-state index contributed by atoms with van der Waals surface area (Å²) in [4.78, 5) is 24.7. The van der Waals surface area contributed by atoms with E-state index < -0.39 is 18.0 Å². The molecule has 13 heteroatoms. The highest BCUT2D eigenvalue weighted by molar-refractivity contribution is 14.1. The van der Waals surface area contributed by atoms with E-state index in [1.165, 1.54) is 13.2 Å². The SMILES string of the molecule is CCOC(=O)Nc1nc2cc(I)cnc2n1C(C)c1ccc(OCc2ccc(C(F)(F)F)nc2)c(OC)c1. The number of anilines is 1. The maximum Gasteiger partial charge on any atom is 0.433 e. The molecule has 0 aliphatic rings. The smallest absolute Gasteiger partial charge is 0.433 e. The van der Waals surface area contributed by atoms with Crippen LogP contribution in [0.25, 0.3) is 11.2 Å². The van der Waals surface area contributed by atoms with Gasteiger partial charge in [0.2, 0.25) is 5.95 Å².